The minimum atomic E-state index is -4.60. The van der Waals surface area contributed by atoms with Crippen LogP contribution in [0.5, 0.6) is 0 Å². The van der Waals surface area contributed by atoms with E-state index in [0.29, 0.717) is 18.5 Å². The number of carboxylic acid groups (broad SMARTS) is 1. The zero-order valence-electron chi connectivity index (χ0n) is 15.2. The summed E-state index contributed by atoms with van der Waals surface area (Å²) in [7, 11) is 0. The van der Waals surface area contributed by atoms with Gasteiger partial charge in [-0.3, -0.25) is 14.5 Å². The van der Waals surface area contributed by atoms with E-state index in [9.17, 15) is 22.8 Å². The Bertz CT molecular complexity index is 660. The molecule has 5 nitrogen and oxygen atoms in total. The molecular formula is C18H24ClF3N2O3. The number of carboxylic acids is 1. The van der Waals surface area contributed by atoms with E-state index >= 15 is 0 Å². The monoisotopic (exact) mass is 408 g/mol. The molecule has 0 bridgehead atoms. The Labute approximate surface area is 162 Å². The number of amides is 1. The first-order valence-corrected chi connectivity index (χ1v) is 8.59. The molecule has 1 fully saturated rings. The molecule has 9 heteroatoms. The number of alkyl halides is 3. The zero-order valence-corrected chi connectivity index (χ0v) is 16.0. The molecule has 0 unspecified atom stereocenters. The summed E-state index contributed by atoms with van der Waals surface area (Å²) in [6.07, 6.45) is -3.17. The number of nitrogens with one attached hydrogen (secondary N) is 1. The fraction of sp³-hybridized carbons (Fsp3) is 0.556. The van der Waals surface area contributed by atoms with Crippen LogP contribution in [0.2, 0.25) is 0 Å². The number of para-hydroxylation sites is 1. The highest BCUT2D eigenvalue weighted by molar-refractivity contribution is 5.94. The van der Waals surface area contributed by atoms with Crippen molar-refractivity contribution in [3.8, 4) is 0 Å². The first kappa shape index (κ1) is 23.2. The normalized spacial score (nSPS) is 20.2. The smallest absolute Gasteiger partial charge is 0.393 e. The SMILES string of the molecule is CCc1cccc(CC)c1NC(=O)CN1C[C@@H](C(F)(F)F)[C@H](C(=O)O)C1.Cl. The Balaban J connectivity index is 0.00000364. The van der Waals surface area contributed by atoms with Gasteiger partial charge in [0, 0.05) is 18.8 Å². The highest BCUT2D eigenvalue weighted by Gasteiger charge is 2.52. The van der Waals surface area contributed by atoms with Crippen molar-refractivity contribution in [2.75, 3.05) is 25.0 Å². The Hall–Kier alpha value is -1.80. The third kappa shape index (κ3) is 5.59. The summed E-state index contributed by atoms with van der Waals surface area (Å²) in [6.45, 7) is 2.87. The lowest BCUT2D eigenvalue weighted by Crippen LogP contribution is -2.34. The number of halogens is 4. The number of carbonyl (C=O) groups is 2. The van der Waals surface area contributed by atoms with E-state index in [4.69, 9.17) is 5.11 Å². The van der Waals surface area contributed by atoms with Crippen molar-refractivity contribution in [3.05, 3.63) is 29.3 Å². The van der Waals surface area contributed by atoms with E-state index in [1.54, 1.807) is 0 Å². The highest BCUT2D eigenvalue weighted by atomic mass is 35.5. The van der Waals surface area contributed by atoms with Crippen molar-refractivity contribution in [1.82, 2.24) is 4.90 Å². The van der Waals surface area contributed by atoms with Crippen molar-refractivity contribution >= 4 is 30.0 Å². The Morgan fingerprint density at radius 1 is 1.19 bits per heavy atom. The third-order valence-corrected chi connectivity index (χ3v) is 4.76. The van der Waals surface area contributed by atoms with Gasteiger partial charge in [0.05, 0.1) is 18.4 Å². The van der Waals surface area contributed by atoms with Crippen LogP contribution in [0.25, 0.3) is 0 Å². The Morgan fingerprint density at radius 2 is 1.74 bits per heavy atom. The molecular weight excluding hydrogens is 385 g/mol. The van der Waals surface area contributed by atoms with Gasteiger partial charge in [-0.25, -0.2) is 0 Å². The fourth-order valence-electron chi connectivity index (χ4n) is 3.38. The lowest BCUT2D eigenvalue weighted by molar-refractivity contribution is -0.188. The summed E-state index contributed by atoms with van der Waals surface area (Å²) in [5.74, 6) is -5.42. The standard InChI is InChI=1S/C18H23F3N2O3.ClH/c1-3-11-6-5-7-12(4-2)16(11)22-15(24)10-23-8-13(17(25)26)14(9-23)18(19,20)21;/h5-7,13-14H,3-4,8-10H2,1-2H3,(H,22,24)(H,25,26);1H/t13-,14-;/m1./s1. The molecule has 2 N–H and O–H groups in total. The van der Waals surface area contributed by atoms with Gasteiger partial charge in [0.2, 0.25) is 5.91 Å². The van der Waals surface area contributed by atoms with Crippen molar-refractivity contribution in [2.45, 2.75) is 32.9 Å². The number of rotatable bonds is 6. The molecule has 152 valence electrons. The van der Waals surface area contributed by atoms with Gasteiger partial charge in [-0.15, -0.1) is 12.4 Å². The minimum Gasteiger partial charge on any atom is -0.481 e. The Morgan fingerprint density at radius 3 is 2.15 bits per heavy atom. The first-order chi connectivity index (χ1) is 12.2. The summed E-state index contributed by atoms with van der Waals surface area (Å²) in [5, 5.41) is 11.8. The number of carbonyl (C=O) groups excluding carboxylic acids is 1. The lowest BCUT2D eigenvalue weighted by atomic mass is 9.96. The number of nitrogens with zero attached hydrogens (tertiary/aromatic N) is 1. The molecule has 0 aromatic heterocycles. The van der Waals surface area contributed by atoms with Crippen LogP contribution in [-0.4, -0.2) is 47.7 Å². The Kier molecular flexibility index (Phi) is 8.10. The van der Waals surface area contributed by atoms with Crippen LogP contribution >= 0.6 is 12.4 Å². The molecule has 1 aliphatic heterocycles. The van der Waals surface area contributed by atoms with Gasteiger partial charge in [-0.05, 0) is 24.0 Å². The minimum absolute atomic E-state index is 0. The summed E-state index contributed by atoms with van der Waals surface area (Å²) < 4.78 is 39.1. The van der Waals surface area contributed by atoms with Crippen LogP contribution in [0.1, 0.15) is 25.0 Å². The number of hydrogen-bond acceptors (Lipinski definition) is 3. The van der Waals surface area contributed by atoms with E-state index in [2.05, 4.69) is 5.32 Å². The van der Waals surface area contributed by atoms with Crippen molar-refractivity contribution < 1.29 is 27.9 Å². The van der Waals surface area contributed by atoms with E-state index in [-0.39, 0.29) is 25.5 Å². The summed E-state index contributed by atoms with van der Waals surface area (Å²) in [6, 6.07) is 5.69. The fourth-order valence-corrected chi connectivity index (χ4v) is 3.38. The molecule has 1 saturated heterocycles. The second-order valence-corrected chi connectivity index (χ2v) is 6.49. The van der Waals surface area contributed by atoms with Gasteiger partial charge in [0.1, 0.15) is 0 Å². The molecule has 2 rings (SSSR count). The molecule has 1 aromatic rings. The van der Waals surface area contributed by atoms with Crippen LogP contribution in [0.4, 0.5) is 18.9 Å². The number of benzene rings is 1. The average molecular weight is 409 g/mol. The van der Waals surface area contributed by atoms with Crippen LogP contribution in [0.15, 0.2) is 18.2 Å². The van der Waals surface area contributed by atoms with Crippen LogP contribution in [-0.2, 0) is 22.4 Å². The molecule has 0 spiro atoms. The van der Waals surface area contributed by atoms with Crippen molar-refractivity contribution in [2.24, 2.45) is 11.8 Å². The van der Waals surface area contributed by atoms with Gasteiger partial charge in [0.25, 0.3) is 0 Å². The maximum atomic E-state index is 13.0. The van der Waals surface area contributed by atoms with Gasteiger partial charge in [-0.2, -0.15) is 13.2 Å². The number of hydrogen-bond donors (Lipinski definition) is 2. The van der Waals surface area contributed by atoms with E-state index in [1.165, 1.54) is 4.90 Å². The molecule has 0 radical (unpaired) electrons. The molecule has 1 amide bonds. The maximum Gasteiger partial charge on any atom is 0.393 e. The van der Waals surface area contributed by atoms with E-state index < -0.39 is 36.4 Å². The molecule has 1 heterocycles. The predicted molar refractivity (Wildman–Crippen MR) is 98.2 cm³/mol. The summed E-state index contributed by atoms with van der Waals surface area (Å²) in [5.41, 5.74) is 2.61. The molecule has 1 aliphatic rings. The second kappa shape index (κ2) is 9.41. The van der Waals surface area contributed by atoms with Gasteiger partial charge in [-0.1, -0.05) is 32.0 Å². The zero-order chi connectivity index (χ0) is 19.5. The van der Waals surface area contributed by atoms with E-state index in [0.717, 1.165) is 11.1 Å². The molecule has 2 atom stereocenters. The summed E-state index contributed by atoms with van der Waals surface area (Å²) >= 11 is 0. The van der Waals surface area contributed by atoms with Crippen LogP contribution in [0.3, 0.4) is 0 Å². The lowest BCUT2D eigenvalue weighted by Gasteiger charge is -2.19. The van der Waals surface area contributed by atoms with Gasteiger partial charge < -0.3 is 10.4 Å². The van der Waals surface area contributed by atoms with Crippen molar-refractivity contribution in [1.29, 1.82) is 0 Å². The molecule has 27 heavy (non-hydrogen) atoms. The number of aryl methyl sites for hydroxylation is 2. The highest BCUT2D eigenvalue weighted by Crippen LogP contribution is 2.37. The summed E-state index contributed by atoms with van der Waals surface area (Å²) in [4.78, 5) is 24.7. The van der Waals surface area contributed by atoms with Gasteiger partial charge >= 0.3 is 12.1 Å². The average Bonchev–Trinajstić information content (AvgIpc) is 2.99. The van der Waals surface area contributed by atoms with Crippen molar-refractivity contribution in [3.63, 3.8) is 0 Å². The predicted octanol–water partition coefficient (Wildman–Crippen LogP) is 3.37. The molecule has 1 aromatic carbocycles. The maximum absolute atomic E-state index is 13.0. The van der Waals surface area contributed by atoms with E-state index in [1.807, 2.05) is 32.0 Å². The topological polar surface area (TPSA) is 69.6 Å². The largest absolute Gasteiger partial charge is 0.481 e. The number of aliphatic carboxylic acids is 1. The van der Waals surface area contributed by atoms with Gasteiger partial charge in [0.15, 0.2) is 0 Å². The van der Waals surface area contributed by atoms with Crippen LogP contribution < -0.4 is 5.32 Å². The quantitative estimate of drug-likeness (QED) is 0.757. The second-order valence-electron chi connectivity index (χ2n) is 6.49. The molecule has 0 saturated carbocycles. The number of anilines is 1. The molecule has 0 aliphatic carbocycles. The number of likely N-dealkylation sites (tertiary alicyclic amines) is 1. The first-order valence-electron chi connectivity index (χ1n) is 8.59. The third-order valence-electron chi connectivity index (χ3n) is 4.76. The van der Waals surface area contributed by atoms with Crippen LogP contribution in [0, 0.1) is 11.8 Å².